The summed E-state index contributed by atoms with van der Waals surface area (Å²) < 4.78 is 12.9. The lowest BCUT2D eigenvalue weighted by Gasteiger charge is -2.44. The minimum Gasteiger partial charge on any atom is -0.318 e. The number of carbonyl (C=O) groups is 1. The molecule has 1 amide bonds. The highest BCUT2D eigenvalue weighted by Gasteiger charge is 2.47. The zero-order valence-electron chi connectivity index (χ0n) is 9.42. The first-order valence-corrected chi connectivity index (χ1v) is 6.44. The van der Waals surface area contributed by atoms with Gasteiger partial charge in [0.2, 0.25) is 5.91 Å². The van der Waals surface area contributed by atoms with Crippen LogP contribution in [0.5, 0.6) is 0 Å². The summed E-state index contributed by atoms with van der Waals surface area (Å²) in [6.07, 6.45) is 0. The lowest BCUT2D eigenvalue weighted by Crippen LogP contribution is -2.63. The van der Waals surface area contributed by atoms with Crippen molar-refractivity contribution in [2.45, 2.75) is 12.1 Å². The van der Waals surface area contributed by atoms with Gasteiger partial charge in [0.25, 0.3) is 0 Å². The molecule has 92 valence electrons. The van der Waals surface area contributed by atoms with E-state index in [2.05, 4.69) is 0 Å². The van der Waals surface area contributed by atoms with E-state index in [1.807, 2.05) is 17.5 Å². The molecule has 0 bridgehead atoms. The van der Waals surface area contributed by atoms with Gasteiger partial charge in [0.05, 0.1) is 6.04 Å². The first-order valence-electron chi connectivity index (χ1n) is 5.56. The Labute approximate surface area is 108 Å². The first kappa shape index (κ1) is 11.4. The number of nitrogens with zero attached hydrogens (tertiary/aromatic N) is 1. The fraction of sp³-hybridized carbons (Fsp3) is 0.154. The van der Waals surface area contributed by atoms with Crippen LogP contribution in [-0.2, 0) is 4.79 Å². The number of nitrogens with two attached hydrogens (primary N) is 1. The number of carbonyl (C=O) groups excluding carboxylic acids is 1. The fourth-order valence-corrected chi connectivity index (χ4v) is 3.03. The molecule has 1 saturated heterocycles. The van der Waals surface area contributed by atoms with Crippen LogP contribution in [0.3, 0.4) is 0 Å². The lowest BCUT2D eigenvalue weighted by molar-refractivity contribution is -0.126. The van der Waals surface area contributed by atoms with Crippen LogP contribution >= 0.6 is 11.3 Å². The maximum Gasteiger partial charge on any atom is 0.247 e. The van der Waals surface area contributed by atoms with Crippen molar-refractivity contribution in [1.82, 2.24) is 0 Å². The van der Waals surface area contributed by atoms with Crippen LogP contribution in [0, 0.1) is 5.82 Å². The molecule has 0 unspecified atom stereocenters. The Hall–Kier alpha value is -1.72. The van der Waals surface area contributed by atoms with Crippen molar-refractivity contribution in [1.29, 1.82) is 0 Å². The van der Waals surface area contributed by atoms with Crippen LogP contribution in [0.1, 0.15) is 10.9 Å². The van der Waals surface area contributed by atoms with Crippen LogP contribution in [-0.4, -0.2) is 11.9 Å². The number of rotatable bonds is 2. The smallest absolute Gasteiger partial charge is 0.247 e. The maximum atomic E-state index is 12.9. The molecular formula is C13H11FN2OS. The fourth-order valence-electron chi connectivity index (χ4n) is 2.16. The Kier molecular flexibility index (Phi) is 2.65. The van der Waals surface area contributed by atoms with Gasteiger partial charge in [-0.1, -0.05) is 6.07 Å². The number of halogens is 1. The van der Waals surface area contributed by atoms with Gasteiger partial charge in [-0.15, -0.1) is 11.3 Å². The average molecular weight is 262 g/mol. The van der Waals surface area contributed by atoms with E-state index in [1.165, 1.54) is 12.1 Å². The topological polar surface area (TPSA) is 46.3 Å². The number of thiophene rings is 1. The normalized spacial score (nSPS) is 23.0. The number of amides is 1. The van der Waals surface area contributed by atoms with Crippen molar-refractivity contribution in [3.8, 4) is 0 Å². The first-order chi connectivity index (χ1) is 8.68. The van der Waals surface area contributed by atoms with Gasteiger partial charge in [0, 0.05) is 10.6 Å². The third-order valence-electron chi connectivity index (χ3n) is 3.08. The van der Waals surface area contributed by atoms with Gasteiger partial charge in [0.15, 0.2) is 0 Å². The van der Waals surface area contributed by atoms with Crippen LogP contribution in [0.25, 0.3) is 0 Å². The predicted octanol–water partition coefficient (Wildman–Crippen LogP) is 2.30. The molecule has 0 aliphatic carbocycles. The van der Waals surface area contributed by atoms with Crippen molar-refractivity contribution in [3.63, 3.8) is 0 Å². The molecule has 0 radical (unpaired) electrons. The van der Waals surface area contributed by atoms with Gasteiger partial charge in [0.1, 0.15) is 11.9 Å². The van der Waals surface area contributed by atoms with E-state index in [-0.39, 0.29) is 17.8 Å². The molecule has 2 heterocycles. The molecule has 1 fully saturated rings. The minimum absolute atomic E-state index is 0.125. The predicted molar refractivity (Wildman–Crippen MR) is 68.9 cm³/mol. The van der Waals surface area contributed by atoms with E-state index < -0.39 is 6.04 Å². The molecule has 0 spiro atoms. The molecule has 3 nitrogen and oxygen atoms in total. The number of hydrogen-bond acceptors (Lipinski definition) is 3. The van der Waals surface area contributed by atoms with Crippen molar-refractivity contribution < 1.29 is 9.18 Å². The second-order valence-electron chi connectivity index (χ2n) is 4.17. The second-order valence-corrected chi connectivity index (χ2v) is 5.15. The van der Waals surface area contributed by atoms with Gasteiger partial charge in [-0.25, -0.2) is 4.39 Å². The van der Waals surface area contributed by atoms with Crippen molar-refractivity contribution >= 4 is 22.9 Å². The van der Waals surface area contributed by atoms with E-state index in [4.69, 9.17) is 5.73 Å². The standard InChI is InChI=1S/C13H11FN2OS/c14-8-3-5-9(6-4-8)16-12(11(15)13(16)17)10-2-1-7-18-10/h1-7,11-12H,15H2/t11-,12+/m0/s1. The number of benzene rings is 1. The van der Waals surface area contributed by atoms with Gasteiger partial charge in [-0.05, 0) is 35.7 Å². The van der Waals surface area contributed by atoms with Crippen molar-refractivity contribution in [3.05, 3.63) is 52.5 Å². The van der Waals surface area contributed by atoms with Gasteiger partial charge >= 0.3 is 0 Å². The van der Waals surface area contributed by atoms with Crippen LogP contribution in [0.4, 0.5) is 10.1 Å². The number of β-lactam (4-membered cyclic amide) rings is 1. The SMILES string of the molecule is N[C@@H]1C(=O)N(c2ccc(F)cc2)[C@@H]1c1cccs1. The molecule has 1 aromatic carbocycles. The third kappa shape index (κ3) is 1.63. The summed E-state index contributed by atoms with van der Waals surface area (Å²) in [5.41, 5.74) is 6.54. The van der Waals surface area contributed by atoms with Crippen LogP contribution < -0.4 is 10.6 Å². The van der Waals surface area contributed by atoms with E-state index in [1.54, 1.807) is 28.4 Å². The molecule has 3 rings (SSSR count). The summed E-state index contributed by atoms with van der Waals surface area (Å²) in [5.74, 6) is -0.441. The van der Waals surface area contributed by atoms with Crippen LogP contribution in [0.15, 0.2) is 41.8 Å². The average Bonchev–Trinajstić information content (AvgIpc) is 2.89. The van der Waals surface area contributed by atoms with E-state index in [9.17, 15) is 9.18 Å². The van der Waals surface area contributed by atoms with Gasteiger partial charge < -0.3 is 10.6 Å². The highest BCUT2D eigenvalue weighted by molar-refractivity contribution is 7.10. The Morgan fingerprint density at radius 3 is 2.56 bits per heavy atom. The van der Waals surface area contributed by atoms with E-state index in [0.717, 1.165) is 4.88 Å². The molecular weight excluding hydrogens is 251 g/mol. The Balaban J connectivity index is 1.95. The molecule has 5 heteroatoms. The summed E-state index contributed by atoms with van der Waals surface area (Å²) in [4.78, 5) is 14.5. The Morgan fingerprint density at radius 2 is 1.94 bits per heavy atom. The van der Waals surface area contributed by atoms with E-state index in [0.29, 0.717) is 5.69 Å². The summed E-state index contributed by atoms with van der Waals surface area (Å²) in [6, 6.07) is 9.13. The van der Waals surface area contributed by atoms with E-state index >= 15 is 0 Å². The Morgan fingerprint density at radius 1 is 1.22 bits per heavy atom. The molecule has 1 aliphatic heterocycles. The zero-order valence-corrected chi connectivity index (χ0v) is 10.2. The largest absolute Gasteiger partial charge is 0.318 e. The van der Waals surface area contributed by atoms with Gasteiger partial charge in [-0.2, -0.15) is 0 Å². The third-order valence-corrected chi connectivity index (χ3v) is 4.02. The summed E-state index contributed by atoms with van der Waals surface area (Å²) in [7, 11) is 0. The molecule has 2 aromatic rings. The summed E-state index contributed by atoms with van der Waals surface area (Å²) in [6.45, 7) is 0. The van der Waals surface area contributed by atoms with Crippen molar-refractivity contribution in [2.75, 3.05) is 4.90 Å². The number of hydrogen-bond donors (Lipinski definition) is 1. The molecule has 2 atom stereocenters. The van der Waals surface area contributed by atoms with Crippen molar-refractivity contribution in [2.24, 2.45) is 5.73 Å². The lowest BCUT2D eigenvalue weighted by atomic mass is 9.93. The highest BCUT2D eigenvalue weighted by atomic mass is 32.1. The summed E-state index contributed by atoms with van der Waals surface area (Å²) >= 11 is 1.57. The second kappa shape index (κ2) is 4.19. The maximum absolute atomic E-state index is 12.9. The highest BCUT2D eigenvalue weighted by Crippen LogP contribution is 2.39. The summed E-state index contributed by atoms with van der Waals surface area (Å²) in [5, 5.41) is 1.95. The molecule has 0 saturated carbocycles. The van der Waals surface area contributed by atoms with Crippen LogP contribution in [0.2, 0.25) is 0 Å². The molecule has 1 aliphatic rings. The quantitative estimate of drug-likeness (QED) is 0.844. The minimum atomic E-state index is -0.506. The van der Waals surface area contributed by atoms with Gasteiger partial charge in [-0.3, -0.25) is 4.79 Å². The Bertz CT molecular complexity index is 567. The number of anilines is 1. The molecule has 18 heavy (non-hydrogen) atoms. The molecule has 1 aromatic heterocycles. The molecule has 2 N–H and O–H groups in total. The monoisotopic (exact) mass is 262 g/mol. The zero-order chi connectivity index (χ0) is 12.7.